The first-order valence-corrected chi connectivity index (χ1v) is 7.73. The summed E-state index contributed by atoms with van der Waals surface area (Å²) < 4.78 is 0. The fraction of sp³-hybridized carbons (Fsp3) is 0.389. The van der Waals surface area contributed by atoms with Crippen molar-refractivity contribution in [3.05, 3.63) is 48.0 Å². The third-order valence-electron chi connectivity index (χ3n) is 3.94. The van der Waals surface area contributed by atoms with E-state index < -0.39 is 6.03 Å². The summed E-state index contributed by atoms with van der Waals surface area (Å²) in [7, 11) is 0. The first kappa shape index (κ1) is 15.4. The standard InChI is InChI=1S/C18H24N2O/c1-2-3-4-9-15(13-20-18(19)21)17-12-7-10-14-8-5-6-11-16(14)17/h5-8,10-12,15H,2-4,9,13H2,1H3,(H3,19,20,21). The fourth-order valence-corrected chi connectivity index (χ4v) is 2.84. The smallest absolute Gasteiger partial charge is 0.312 e. The van der Waals surface area contributed by atoms with E-state index in [0.717, 1.165) is 6.42 Å². The highest BCUT2D eigenvalue weighted by Gasteiger charge is 2.14. The zero-order valence-corrected chi connectivity index (χ0v) is 12.6. The maximum Gasteiger partial charge on any atom is 0.312 e. The molecule has 1 unspecified atom stereocenters. The maximum atomic E-state index is 11.0. The van der Waals surface area contributed by atoms with E-state index >= 15 is 0 Å². The second kappa shape index (κ2) is 7.67. The Morgan fingerprint density at radius 3 is 2.67 bits per heavy atom. The van der Waals surface area contributed by atoms with Gasteiger partial charge >= 0.3 is 6.03 Å². The normalized spacial score (nSPS) is 12.2. The monoisotopic (exact) mass is 284 g/mol. The summed E-state index contributed by atoms with van der Waals surface area (Å²) in [4.78, 5) is 11.0. The Balaban J connectivity index is 2.26. The molecule has 0 aromatic heterocycles. The second-order valence-corrected chi connectivity index (χ2v) is 5.51. The van der Waals surface area contributed by atoms with Crippen molar-refractivity contribution in [2.24, 2.45) is 5.73 Å². The van der Waals surface area contributed by atoms with E-state index in [1.165, 1.54) is 35.6 Å². The van der Waals surface area contributed by atoms with Gasteiger partial charge in [-0.25, -0.2) is 4.79 Å². The number of urea groups is 1. The van der Waals surface area contributed by atoms with E-state index in [1.807, 2.05) is 0 Å². The van der Waals surface area contributed by atoms with E-state index in [9.17, 15) is 4.79 Å². The number of rotatable bonds is 7. The number of carbonyl (C=O) groups excluding carboxylic acids is 1. The molecule has 0 saturated heterocycles. The van der Waals surface area contributed by atoms with Gasteiger partial charge in [-0.2, -0.15) is 0 Å². The van der Waals surface area contributed by atoms with Gasteiger partial charge < -0.3 is 11.1 Å². The van der Waals surface area contributed by atoms with Gasteiger partial charge in [-0.05, 0) is 22.8 Å². The van der Waals surface area contributed by atoms with Crippen LogP contribution >= 0.6 is 0 Å². The molecule has 3 nitrogen and oxygen atoms in total. The van der Waals surface area contributed by atoms with Crippen molar-refractivity contribution in [3.63, 3.8) is 0 Å². The summed E-state index contributed by atoms with van der Waals surface area (Å²) >= 11 is 0. The SMILES string of the molecule is CCCCCC(CNC(N)=O)c1cccc2ccccc12. The molecule has 21 heavy (non-hydrogen) atoms. The Labute approximate surface area is 126 Å². The van der Waals surface area contributed by atoms with E-state index in [-0.39, 0.29) is 0 Å². The van der Waals surface area contributed by atoms with Crippen LogP contribution in [0.1, 0.15) is 44.1 Å². The number of hydrogen-bond donors (Lipinski definition) is 2. The Morgan fingerprint density at radius 2 is 1.90 bits per heavy atom. The summed E-state index contributed by atoms with van der Waals surface area (Å²) in [5, 5.41) is 5.29. The number of benzene rings is 2. The average Bonchev–Trinajstić information content (AvgIpc) is 2.50. The van der Waals surface area contributed by atoms with Crippen molar-refractivity contribution in [2.45, 2.75) is 38.5 Å². The van der Waals surface area contributed by atoms with Gasteiger partial charge in [0, 0.05) is 12.5 Å². The van der Waals surface area contributed by atoms with Crippen molar-refractivity contribution in [2.75, 3.05) is 6.54 Å². The number of unbranched alkanes of at least 4 members (excludes halogenated alkanes) is 2. The lowest BCUT2D eigenvalue weighted by Crippen LogP contribution is -2.33. The first-order valence-electron chi connectivity index (χ1n) is 7.73. The lowest BCUT2D eigenvalue weighted by Gasteiger charge is -2.19. The predicted molar refractivity (Wildman–Crippen MR) is 88.4 cm³/mol. The predicted octanol–water partition coefficient (Wildman–Crippen LogP) is 4.17. The topological polar surface area (TPSA) is 55.1 Å². The molecular weight excluding hydrogens is 260 g/mol. The van der Waals surface area contributed by atoms with Gasteiger partial charge in [-0.3, -0.25) is 0 Å². The van der Waals surface area contributed by atoms with Gasteiger partial charge in [0.15, 0.2) is 0 Å². The molecule has 0 saturated carbocycles. The zero-order chi connectivity index (χ0) is 15.1. The van der Waals surface area contributed by atoms with Crippen LogP contribution in [0.3, 0.4) is 0 Å². The minimum atomic E-state index is -0.448. The Morgan fingerprint density at radius 1 is 1.14 bits per heavy atom. The average molecular weight is 284 g/mol. The molecule has 2 rings (SSSR count). The van der Waals surface area contributed by atoms with Gasteiger partial charge in [0.1, 0.15) is 0 Å². The Kier molecular flexibility index (Phi) is 5.61. The highest BCUT2D eigenvalue weighted by atomic mass is 16.2. The van der Waals surface area contributed by atoms with E-state index in [4.69, 9.17) is 5.73 Å². The van der Waals surface area contributed by atoms with E-state index in [1.54, 1.807) is 0 Å². The number of carbonyl (C=O) groups is 1. The van der Waals surface area contributed by atoms with Crippen molar-refractivity contribution < 1.29 is 4.79 Å². The molecule has 0 heterocycles. The second-order valence-electron chi connectivity index (χ2n) is 5.51. The van der Waals surface area contributed by atoms with Crippen LogP contribution in [0.5, 0.6) is 0 Å². The number of fused-ring (bicyclic) bond motifs is 1. The summed E-state index contributed by atoms with van der Waals surface area (Å²) in [6.45, 7) is 2.81. The van der Waals surface area contributed by atoms with E-state index in [2.05, 4.69) is 54.7 Å². The van der Waals surface area contributed by atoms with Crippen LogP contribution < -0.4 is 11.1 Å². The van der Waals surface area contributed by atoms with Gasteiger partial charge in [0.2, 0.25) is 0 Å². The molecule has 0 aliphatic carbocycles. The quantitative estimate of drug-likeness (QED) is 0.736. The van der Waals surface area contributed by atoms with Crippen LogP contribution in [0.4, 0.5) is 4.79 Å². The third kappa shape index (κ3) is 4.22. The highest BCUT2D eigenvalue weighted by Crippen LogP contribution is 2.29. The van der Waals surface area contributed by atoms with Crippen molar-refractivity contribution >= 4 is 16.8 Å². The van der Waals surface area contributed by atoms with Gasteiger partial charge in [-0.1, -0.05) is 68.7 Å². The van der Waals surface area contributed by atoms with Crippen LogP contribution in [0, 0.1) is 0 Å². The number of nitrogens with two attached hydrogens (primary N) is 1. The zero-order valence-electron chi connectivity index (χ0n) is 12.6. The molecule has 0 radical (unpaired) electrons. The fourth-order valence-electron chi connectivity index (χ4n) is 2.84. The number of primary amides is 1. The number of hydrogen-bond acceptors (Lipinski definition) is 1. The molecule has 0 fully saturated rings. The molecule has 0 aliphatic rings. The molecule has 2 aromatic rings. The molecule has 0 aliphatic heterocycles. The molecular formula is C18H24N2O. The van der Waals surface area contributed by atoms with Crippen LogP contribution in [-0.4, -0.2) is 12.6 Å². The van der Waals surface area contributed by atoms with Gasteiger partial charge in [-0.15, -0.1) is 0 Å². The largest absolute Gasteiger partial charge is 0.352 e. The minimum Gasteiger partial charge on any atom is -0.352 e. The van der Waals surface area contributed by atoms with E-state index in [0.29, 0.717) is 12.5 Å². The van der Waals surface area contributed by atoms with Gasteiger partial charge in [0.25, 0.3) is 0 Å². The van der Waals surface area contributed by atoms with Crippen LogP contribution in [0.25, 0.3) is 10.8 Å². The first-order chi connectivity index (χ1) is 10.2. The summed E-state index contributed by atoms with van der Waals surface area (Å²) in [5.74, 6) is 0.315. The molecule has 1 atom stereocenters. The molecule has 112 valence electrons. The molecule has 0 spiro atoms. The molecule has 0 bridgehead atoms. The molecule has 3 heteroatoms. The van der Waals surface area contributed by atoms with Crippen LogP contribution in [-0.2, 0) is 0 Å². The lowest BCUT2D eigenvalue weighted by atomic mass is 9.89. The van der Waals surface area contributed by atoms with Crippen LogP contribution in [0.2, 0.25) is 0 Å². The minimum absolute atomic E-state index is 0.315. The van der Waals surface area contributed by atoms with Crippen molar-refractivity contribution in [1.82, 2.24) is 5.32 Å². The summed E-state index contributed by atoms with van der Waals surface area (Å²) in [6, 6.07) is 14.3. The maximum absolute atomic E-state index is 11.0. The van der Waals surface area contributed by atoms with Crippen molar-refractivity contribution in [1.29, 1.82) is 0 Å². The lowest BCUT2D eigenvalue weighted by molar-refractivity contribution is 0.248. The molecule has 3 N–H and O–H groups in total. The van der Waals surface area contributed by atoms with Gasteiger partial charge in [0.05, 0.1) is 0 Å². The number of nitrogens with one attached hydrogen (secondary N) is 1. The number of amides is 2. The Hall–Kier alpha value is -2.03. The van der Waals surface area contributed by atoms with Crippen LogP contribution in [0.15, 0.2) is 42.5 Å². The summed E-state index contributed by atoms with van der Waals surface area (Å²) in [6.07, 6.45) is 4.66. The highest BCUT2D eigenvalue weighted by molar-refractivity contribution is 5.86. The van der Waals surface area contributed by atoms with Crippen molar-refractivity contribution in [3.8, 4) is 0 Å². The Bertz CT molecular complexity index is 589. The summed E-state index contributed by atoms with van der Waals surface area (Å²) in [5.41, 5.74) is 6.54. The third-order valence-corrected chi connectivity index (χ3v) is 3.94. The molecule has 2 aromatic carbocycles. The molecule has 2 amide bonds.